The average molecular weight is 870 g/mol. The summed E-state index contributed by atoms with van der Waals surface area (Å²) in [6.07, 6.45) is 1.60. The normalized spacial score (nSPS) is 12.5. The van der Waals surface area contributed by atoms with Crippen LogP contribution in [0.15, 0.2) is 127 Å². The van der Waals surface area contributed by atoms with Crippen LogP contribution in [0.4, 0.5) is 0 Å². The Balaban J connectivity index is 0.000000173. The molecule has 0 fully saturated rings. The molecule has 0 aromatic heterocycles. The van der Waals surface area contributed by atoms with E-state index in [0.29, 0.717) is 45.8 Å². The van der Waals surface area contributed by atoms with E-state index in [9.17, 15) is 4.79 Å². The van der Waals surface area contributed by atoms with E-state index < -0.39 is 7.26 Å². The predicted octanol–water partition coefficient (Wildman–Crippen LogP) is 4.07. The van der Waals surface area contributed by atoms with Crippen LogP contribution in [0.2, 0.25) is 0 Å². The molecule has 3 aliphatic heterocycles. The van der Waals surface area contributed by atoms with Crippen LogP contribution in [-0.4, -0.2) is 53.1 Å². The number of hydrogen-bond donors (Lipinski definition) is 1. The number of benzene rings is 6. The molecule has 11 nitrogen and oxygen atoms in total. The third kappa shape index (κ3) is 8.79. The fourth-order valence-electron chi connectivity index (χ4n) is 6.81. The van der Waals surface area contributed by atoms with Crippen molar-refractivity contribution in [1.82, 2.24) is 0 Å². The number of aldehydes is 1. The Morgan fingerprint density at radius 2 is 0.914 bits per heavy atom. The van der Waals surface area contributed by atoms with Gasteiger partial charge < -0.3 is 64.7 Å². The molecule has 0 aliphatic carbocycles. The molecule has 6 aromatic carbocycles. The molecular weight excluding hydrogens is 827 g/mol. The molecule has 0 spiro atoms. The highest BCUT2D eigenvalue weighted by Gasteiger charge is 2.45. The maximum atomic E-state index is 10.5. The predicted molar refractivity (Wildman–Crippen MR) is 218 cm³/mol. The van der Waals surface area contributed by atoms with Gasteiger partial charge in [-0.3, -0.25) is 4.79 Å². The monoisotopic (exact) mass is 868 g/mol. The number of rotatable bonds is 10. The number of ether oxygens (including phenoxy) is 9. The number of fused-ring (bicyclic) bond motifs is 3. The van der Waals surface area contributed by atoms with Crippen molar-refractivity contribution < 1.29 is 69.5 Å². The van der Waals surface area contributed by atoms with E-state index in [-0.39, 0.29) is 44.0 Å². The maximum absolute atomic E-state index is 10.5. The fourth-order valence-corrected chi connectivity index (χ4v) is 11.0. The molecule has 9 rings (SSSR count). The molecule has 0 bridgehead atoms. The molecule has 3 heterocycles. The van der Waals surface area contributed by atoms with Gasteiger partial charge in [0.1, 0.15) is 29.5 Å². The van der Waals surface area contributed by atoms with Gasteiger partial charge in [0.2, 0.25) is 37.6 Å². The number of methoxy groups -OCH3 is 3. The first-order valence-electron chi connectivity index (χ1n) is 18.0. The molecule has 0 unspecified atom stereocenters. The van der Waals surface area contributed by atoms with E-state index in [1.54, 1.807) is 38.5 Å². The Morgan fingerprint density at radius 3 is 1.31 bits per heavy atom. The number of halogens is 1. The van der Waals surface area contributed by atoms with E-state index in [4.69, 9.17) is 47.7 Å². The number of carbonyl (C=O) groups excluding carboxylic acids is 1. The van der Waals surface area contributed by atoms with E-state index in [2.05, 4.69) is 103 Å². The lowest BCUT2D eigenvalue weighted by atomic mass is 10.2. The van der Waals surface area contributed by atoms with Crippen molar-refractivity contribution in [3.63, 3.8) is 0 Å². The summed E-state index contributed by atoms with van der Waals surface area (Å²) in [4.78, 5) is 10.5. The summed E-state index contributed by atoms with van der Waals surface area (Å²) < 4.78 is 47.7. The Morgan fingerprint density at radius 1 is 0.534 bits per heavy atom. The number of hydrogen-bond acceptors (Lipinski definition) is 11. The first-order valence-corrected chi connectivity index (χ1v) is 20.0. The zero-order valence-corrected chi connectivity index (χ0v) is 34.6. The van der Waals surface area contributed by atoms with Gasteiger partial charge in [0.15, 0.2) is 34.5 Å². The van der Waals surface area contributed by atoms with Crippen molar-refractivity contribution in [2.75, 3.05) is 41.7 Å². The van der Waals surface area contributed by atoms with Crippen LogP contribution in [-0.2, 0) is 12.8 Å². The molecule has 300 valence electrons. The second kappa shape index (κ2) is 19.5. The Hall–Kier alpha value is -5.94. The standard InChI is InChI=1S/C27H24O3P.C9H10O4.C9H8O4.BrH/c1-28-25-17-21(18-26-27(25)30-20-29-26)19-31(22-11-5-2-6-12-22,23-13-7-3-8-14-23)24-15-9-4-10-16-24;2*1-11-7-2-6(4-10)3-8-9(7)13-5-12-8;/h2-18H,19-20H2,1H3;2-3,10H,4-5H2,1H3;2-4H,5H2,1H3;1H/q+1;;;/p-1. The highest BCUT2D eigenvalue weighted by Crippen LogP contribution is 2.59. The van der Waals surface area contributed by atoms with Gasteiger partial charge in [0.25, 0.3) is 0 Å². The first-order chi connectivity index (χ1) is 28.0. The van der Waals surface area contributed by atoms with Crippen molar-refractivity contribution in [1.29, 1.82) is 0 Å². The summed E-state index contributed by atoms with van der Waals surface area (Å²) >= 11 is 0. The lowest BCUT2D eigenvalue weighted by Gasteiger charge is -2.28. The lowest BCUT2D eigenvalue weighted by molar-refractivity contribution is -0.0000233. The number of aliphatic hydroxyl groups excluding tert-OH is 1. The fraction of sp³-hybridized carbons (Fsp3) is 0.178. The van der Waals surface area contributed by atoms with Crippen molar-refractivity contribution in [3.8, 4) is 51.7 Å². The smallest absolute Gasteiger partial charge is 0.231 e. The van der Waals surface area contributed by atoms with Gasteiger partial charge in [-0.2, -0.15) is 0 Å². The van der Waals surface area contributed by atoms with E-state index in [1.165, 1.54) is 28.6 Å². The number of carbonyl (C=O) groups is 1. The first kappa shape index (κ1) is 41.7. The Labute approximate surface area is 348 Å². The quantitative estimate of drug-likeness (QED) is 0.159. The summed E-state index contributed by atoms with van der Waals surface area (Å²) in [6, 6.07) is 43.5. The van der Waals surface area contributed by atoms with Crippen LogP contribution in [0.1, 0.15) is 21.5 Å². The van der Waals surface area contributed by atoms with Crippen molar-refractivity contribution >= 4 is 29.5 Å². The van der Waals surface area contributed by atoms with Gasteiger partial charge in [-0.1, -0.05) is 54.6 Å². The highest BCUT2D eigenvalue weighted by molar-refractivity contribution is 7.95. The minimum Gasteiger partial charge on any atom is -1.00 e. The van der Waals surface area contributed by atoms with Gasteiger partial charge in [-0.05, 0) is 83.9 Å². The van der Waals surface area contributed by atoms with Gasteiger partial charge in [-0.25, -0.2) is 0 Å². The Bertz CT molecular complexity index is 2200. The zero-order chi connectivity index (χ0) is 39.6. The summed E-state index contributed by atoms with van der Waals surface area (Å²) in [5.74, 6) is 5.64. The van der Waals surface area contributed by atoms with E-state index >= 15 is 0 Å². The van der Waals surface area contributed by atoms with Gasteiger partial charge in [0.05, 0.1) is 34.1 Å². The molecular formula is C45H42BrO11P. The molecule has 6 aromatic rings. The van der Waals surface area contributed by atoms with Gasteiger partial charge >= 0.3 is 0 Å². The molecule has 0 radical (unpaired) electrons. The number of aliphatic hydroxyl groups is 1. The molecule has 0 saturated heterocycles. The molecule has 0 saturated carbocycles. The molecule has 58 heavy (non-hydrogen) atoms. The van der Waals surface area contributed by atoms with Crippen molar-refractivity contribution in [2.24, 2.45) is 0 Å². The zero-order valence-electron chi connectivity index (χ0n) is 32.1. The summed E-state index contributed by atoms with van der Waals surface area (Å²) in [6.45, 7) is 0.576. The summed E-state index contributed by atoms with van der Waals surface area (Å²) in [5, 5.41) is 13.0. The van der Waals surface area contributed by atoms with E-state index in [0.717, 1.165) is 29.5 Å². The molecule has 3 aliphatic rings. The summed E-state index contributed by atoms with van der Waals surface area (Å²) in [5.41, 5.74) is 2.44. The third-order valence-electron chi connectivity index (χ3n) is 9.45. The highest BCUT2D eigenvalue weighted by atomic mass is 79.9. The van der Waals surface area contributed by atoms with Crippen LogP contribution >= 0.6 is 7.26 Å². The van der Waals surface area contributed by atoms with Crippen LogP contribution in [0.3, 0.4) is 0 Å². The van der Waals surface area contributed by atoms with Gasteiger partial charge in [-0.15, -0.1) is 0 Å². The largest absolute Gasteiger partial charge is 1.00 e. The average Bonchev–Trinajstić information content (AvgIpc) is 4.08. The molecule has 0 amide bonds. The second-order valence-electron chi connectivity index (χ2n) is 12.8. The second-order valence-corrected chi connectivity index (χ2v) is 16.3. The maximum Gasteiger partial charge on any atom is 0.231 e. The Kier molecular flexibility index (Phi) is 14.0. The molecule has 13 heteroatoms. The minimum atomic E-state index is -1.98. The van der Waals surface area contributed by atoms with Crippen molar-refractivity contribution in [2.45, 2.75) is 12.8 Å². The van der Waals surface area contributed by atoms with Crippen LogP contribution < -0.4 is 75.5 Å². The van der Waals surface area contributed by atoms with Crippen LogP contribution in [0, 0.1) is 0 Å². The lowest BCUT2D eigenvalue weighted by Crippen LogP contribution is -3.00. The topological polar surface area (TPSA) is 120 Å². The third-order valence-corrected chi connectivity index (χ3v) is 13.8. The van der Waals surface area contributed by atoms with Gasteiger partial charge in [0, 0.05) is 5.56 Å². The minimum absolute atomic E-state index is 0. The molecule has 1 N–H and O–H groups in total. The summed E-state index contributed by atoms with van der Waals surface area (Å²) in [7, 11) is 2.77. The van der Waals surface area contributed by atoms with E-state index in [1.807, 2.05) is 0 Å². The van der Waals surface area contributed by atoms with Crippen LogP contribution in [0.5, 0.6) is 51.7 Å². The van der Waals surface area contributed by atoms with Crippen molar-refractivity contribution in [3.05, 3.63) is 144 Å². The van der Waals surface area contributed by atoms with Crippen LogP contribution in [0.25, 0.3) is 0 Å². The molecule has 0 atom stereocenters. The SMILES string of the molecule is COc1cc(C=O)cc2c1OCO2.COc1cc(CO)cc2c1OCO2.COc1cc(C[P+](c2ccccc2)(c2ccccc2)c2ccccc2)cc2c1OCO2.[Br-].